The highest BCUT2D eigenvalue weighted by molar-refractivity contribution is 5.69. The number of hydrogen-bond donors (Lipinski definition) is 2. The van der Waals surface area contributed by atoms with Crippen molar-refractivity contribution in [1.82, 2.24) is 15.1 Å². The average molecular weight is 808 g/mol. The van der Waals surface area contributed by atoms with Gasteiger partial charge in [-0.05, 0) is 97.6 Å². The molecule has 0 aliphatic rings. The van der Waals surface area contributed by atoms with Crippen LogP contribution in [0.2, 0.25) is 0 Å². The van der Waals surface area contributed by atoms with E-state index >= 15 is 0 Å². The fraction of sp³-hybridized carbons (Fsp3) is 0.940. The quantitative estimate of drug-likeness (QED) is 0.0360. The molecule has 340 valence electrons. The molecule has 3 atom stereocenters. The first-order chi connectivity index (χ1) is 27.8. The van der Waals surface area contributed by atoms with E-state index in [4.69, 9.17) is 9.47 Å². The lowest BCUT2D eigenvalue weighted by molar-refractivity contribution is -0.145. The van der Waals surface area contributed by atoms with Crippen molar-refractivity contribution in [2.45, 2.75) is 226 Å². The van der Waals surface area contributed by atoms with Gasteiger partial charge in [-0.3, -0.25) is 4.79 Å². The van der Waals surface area contributed by atoms with Gasteiger partial charge in [-0.2, -0.15) is 0 Å². The highest BCUT2D eigenvalue weighted by Gasteiger charge is 2.16. The number of rotatable bonds is 46. The molecule has 0 amide bonds. The fourth-order valence-electron chi connectivity index (χ4n) is 7.96. The van der Waals surface area contributed by atoms with Gasteiger partial charge in [-0.15, -0.1) is 0 Å². The zero-order valence-corrected chi connectivity index (χ0v) is 39.4. The third kappa shape index (κ3) is 38.8. The minimum Gasteiger partial charge on any atom is -0.498 e. The number of ether oxygens (including phenoxy) is 2. The van der Waals surface area contributed by atoms with Crippen molar-refractivity contribution in [2.75, 3.05) is 66.6 Å². The van der Waals surface area contributed by atoms with Crippen LogP contribution < -0.4 is 5.32 Å². The minimum absolute atomic E-state index is 0.0223. The summed E-state index contributed by atoms with van der Waals surface area (Å²) in [7, 11) is 4.24. The van der Waals surface area contributed by atoms with E-state index in [0.717, 1.165) is 64.0 Å². The SMILES string of the molecule is C=C(OCCCNCC(O)CN(CCCCCC(=O)OCC(CCCCCC)CCCCCCCC)CCCN(C)C)C(CCCCCC)CCCCCCCC. The van der Waals surface area contributed by atoms with E-state index in [1.807, 2.05) is 0 Å². The van der Waals surface area contributed by atoms with Gasteiger partial charge in [-0.1, -0.05) is 169 Å². The predicted molar refractivity (Wildman–Crippen MR) is 248 cm³/mol. The monoisotopic (exact) mass is 808 g/mol. The van der Waals surface area contributed by atoms with Crippen molar-refractivity contribution in [3.05, 3.63) is 12.3 Å². The summed E-state index contributed by atoms with van der Waals surface area (Å²) in [6, 6.07) is 0. The summed E-state index contributed by atoms with van der Waals surface area (Å²) >= 11 is 0. The van der Waals surface area contributed by atoms with Crippen molar-refractivity contribution >= 4 is 5.97 Å². The number of carbonyl (C=O) groups is 1. The highest BCUT2D eigenvalue weighted by atomic mass is 16.5. The molecule has 3 unspecified atom stereocenters. The smallest absolute Gasteiger partial charge is 0.305 e. The Morgan fingerprint density at radius 1 is 0.596 bits per heavy atom. The van der Waals surface area contributed by atoms with Gasteiger partial charge in [0.25, 0.3) is 0 Å². The molecule has 57 heavy (non-hydrogen) atoms. The number of aliphatic hydroxyl groups is 1. The zero-order valence-electron chi connectivity index (χ0n) is 39.4. The molecule has 0 heterocycles. The van der Waals surface area contributed by atoms with E-state index in [2.05, 4.69) is 63.5 Å². The summed E-state index contributed by atoms with van der Waals surface area (Å²) in [6.45, 7) is 19.8. The minimum atomic E-state index is -0.411. The molecule has 0 fully saturated rings. The molecule has 7 nitrogen and oxygen atoms in total. The van der Waals surface area contributed by atoms with E-state index in [-0.39, 0.29) is 5.97 Å². The lowest BCUT2D eigenvalue weighted by Gasteiger charge is -2.26. The number of allylic oxidation sites excluding steroid dienone is 1. The predicted octanol–water partition coefficient (Wildman–Crippen LogP) is 12.9. The Balaban J connectivity index is 4.53. The Morgan fingerprint density at radius 3 is 1.65 bits per heavy atom. The van der Waals surface area contributed by atoms with E-state index in [1.54, 1.807) is 0 Å². The number of nitrogens with one attached hydrogen (secondary N) is 1. The average Bonchev–Trinajstić information content (AvgIpc) is 3.19. The lowest BCUT2D eigenvalue weighted by atomic mass is 9.93. The van der Waals surface area contributed by atoms with Crippen molar-refractivity contribution in [1.29, 1.82) is 0 Å². The van der Waals surface area contributed by atoms with Crippen LogP contribution in [-0.4, -0.2) is 93.6 Å². The van der Waals surface area contributed by atoms with Crippen molar-refractivity contribution in [3.8, 4) is 0 Å². The Bertz CT molecular complexity index is 855. The van der Waals surface area contributed by atoms with Gasteiger partial charge < -0.3 is 29.7 Å². The lowest BCUT2D eigenvalue weighted by Crippen LogP contribution is -2.40. The van der Waals surface area contributed by atoms with Crippen LogP contribution in [0, 0.1) is 11.8 Å². The summed E-state index contributed by atoms with van der Waals surface area (Å²) in [4.78, 5) is 17.3. The van der Waals surface area contributed by atoms with Gasteiger partial charge in [-0.25, -0.2) is 0 Å². The molecule has 0 aliphatic heterocycles. The van der Waals surface area contributed by atoms with Gasteiger partial charge in [0.2, 0.25) is 0 Å². The first-order valence-electron chi connectivity index (χ1n) is 25.0. The van der Waals surface area contributed by atoms with Crippen LogP contribution in [0.4, 0.5) is 0 Å². The summed E-state index contributed by atoms with van der Waals surface area (Å²) in [5.41, 5.74) is 0. The standard InChI is InChI=1S/C50H101N3O4/c1-8-12-16-20-22-26-34-47(33-25-18-14-10-3)45-57-50(55)37-29-24-30-40-53(41-32-39-52(6)7)44-49(54)43-51-38-31-42-56-46(5)48(35-27-19-15-11-4)36-28-23-21-17-13-9-2/h47-49,51,54H,5,8-45H2,1-4,6-7H3. The maximum atomic E-state index is 12.7. The van der Waals surface area contributed by atoms with Crippen LogP contribution in [-0.2, 0) is 14.3 Å². The Labute approximate surface area is 356 Å². The number of esters is 1. The molecule has 0 radical (unpaired) electrons. The van der Waals surface area contributed by atoms with Crippen LogP contribution in [0.5, 0.6) is 0 Å². The van der Waals surface area contributed by atoms with Gasteiger partial charge in [0.05, 0.1) is 25.1 Å². The normalized spacial score (nSPS) is 13.4. The fourth-order valence-corrected chi connectivity index (χ4v) is 7.96. The molecule has 0 aliphatic carbocycles. The topological polar surface area (TPSA) is 74.3 Å². The second kappa shape index (κ2) is 43.0. The Hall–Kier alpha value is -1.15. The van der Waals surface area contributed by atoms with E-state index in [1.165, 1.54) is 154 Å². The molecule has 0 spiro atoms. The molecule has 0 aromatic heterocycles. The maximum Gasteiger partial charge on any atom is 0.305 e. The van der Waals surface area contributed by atoms with Crippen LogP contribution >= 0.6 is 0 Å². The molecule has 0 saturated carbocycles. The van der Waals surface area contributed by atoms with Crippen LogP contribution in [0.1, 0.15) is 220 Å². The number of carbonyl (C=O) groups excluding carboxylic acids is 1. The van der Waals surface area contributed by atoms with E-state index in [9.17, 15) is 9.90 Å². The first-order valence-corrected chi connectivity index (χ1v) is 25.0. The summed E-state index contributed by atoms with van der Waals surface area (Å²) in [5.74, 6) is 1.97. The summed E-state index contributed by atoms with van der Waals surface area (Å²) in [6.07, 6.45) is 36.0. The third-order valence-electron chi connectivity index (χ3n) is 11.7. The number of nitrogens with zero attached hydrogens (tertiary/aromatic N) is 2. The van der Waals surface area contributed by atoms with E-state index in [0.29, 0.717) is 44.6 Å². The van der Waals surface area contributed by atoms with Gasteiger partial charge in [0.15, 0.2) is 0 Å². The molecular formula is C50H101N3O4. The highest BCUT2D eigenvalue weighted by Crippen LogP contribution is 2.26. The molecule has 2 N–H and O–H groups in total. The first kappa shape index (κ1) is 55.9. The van der Waals surface area contributed by atoms with Crippen LogP contribution in [0.25, 0.3) is 0 Å². The van der Waals surface area contributed by atoms with Gasteiger partial charge in [0, 0.05) is 25.4 Å². The number of aliphatic hydroxyl groups excluding tert-OH is 1. The second-order valence-corrected chi connectivity index (χ2v) is 17.9. The Morgan fingerprint density at radius 2 is 1.09 bits per heavy atom. The van der Waals surface area contributed by atoms with Crippen molar-refractivity contribution in [3.63, 3.8) is 0 Å². The number of unbranched alkanes of at least 4 members (excludes halogenated alkanes) is 18. The van der Waals surface area contributed by atoms with Crippen LogP contribution in [0.15, 0.2) is 12.3 Å². The molecule has 0 aromatic carbocycles. The van der Waals surface area contributed by atoms with Crippen molar-refractivity contribution < 1.29 is 19.4 Å². The maximum absolute atomic E-state index is 12.7. The van der Waals surface area contributed by atoms with E-state index < -0.39 is 6.10 Å². The van der Waals surface area contributed by atoms with Crippen LogP contribution in [0.3, 0.4) is 0 Å². The molecule has 0 rings (SSSR count). The molecular weight excluding hydrogens is 707 g/mol. The molecule has 0 bridgehead atoms. The summed E-state index contributed by atoms with van der Waals surface area (Å²) in [5, 5.41) is 14.4. The third-order valence-corrected chi connectivity index (χ3v) is 11.7. The number of hydrogen-bond acceptors (Lipinski definition) is 7. The molecule has 0 aromatic rings. The molecule has 0 saturated heterocycles. The zero-order chi connectivity index (χ0) is 42.0. The largest absolute Gasteiger partial charge is 0.498 e. The van der Waals surface area contributed by atoms with Crippen molar-refractivity contribution in [2.24, 2.45) is 11.8 Å². The second-order valence-electron chi connectivity index (χ2n) is 17.9. The van der Waals surface area contributed by atoms with Gasteiger partial charge in [0.1, 0.15) is 0 Å². The summed E-state index contributed by atoms with van der Waals surface area (Å²) < 4.78 is 12.0. The van der Waals surface area contributed by atoms with Gasteiger partial charge >= 0.3 is 5.97 Å². The molecule has 7 heteroatoms. The Kier molecular flexibility index (Phi) is 42.1.